The summed E-state index contributed by atoms with van der Waals surface area (Å²) in [6, 6.07) is 7.27. The first-order valence-corrected chi connectivity index (χ1v) is 8.36. The molecule has 1 N–H and O–H groups in total. The van der Waals surface area contributed by atoms with E-state index in [1.165, 1.54) is 0 Å². The normalized spacial score (nSPS) is 10.6. The smallest absolute Gasteiger partial charge is 0.350 e. The Bertz CT molecular complexity index is 753. The number of carbonyl (C=O) groups excluding carboxylic acids is 2. The molecule has 1 aromatic heterocycles. The number of esters is 1. The van der Waals surface area contributed by atoms with Crippen molar-refractivity contribution in [2.75, 3.05) is 24.3 Å². The van der Waals surface area contributed by atoms with Crippen LogP contribution < -0.4 is 10.2 Å². The molecule has 0 spiro atoms. The minimum atomic E-state index is -0.421. The molecule has 0 aliphatic rings. The van der Waals surface area contributed by atoms with E-state index in [0.29, 0.717) is 21.3 Å². The monoisotopic (exact) mass is 347 g/mol. The Balaban J connectivity index is 2.15. The zero-order valence-electron chi connectivity index (χ0n) is 14.4. The van der Waals surface area contributed by atoms with Crippen molar-refractivity contribution in [2.24, 2.45) is 0 Å². The molecule has 6 nitrogen and oxygen atoms in total. The first-order chi connectivity index (χ1) is 11.3. The lowest BCUT2D eigenvalue weighted by molar-refractivity contribution is 0.0382. The SMILES string of the molecule is Cc1nc(NC(=O)c2cccc(N(C)C)c2)sc1C(=O)OC(C)C. The van der Waals surface area contributed by atoms with Gasteiger partial charge in [-0.2, -0.15) is 0 Å². The second-order valence-electron chi connectivity index (χ2n) is 5.79. The molecular formula is C17H21N3O3S. The van der Waals surface area contributed by atoms with Crippen LogP contribution in [-0.4, -0.2) is 37.1 Å². The van der Waals surface area contributed by atoms with Gasteiger partial charge in [-0.15, -0.1) is 0 Å². The van der Waals surface area contributed by atoms with Gasteiger partial charge in [0.15, 0.2) is 5.13 Å². The number of nitrogens with one attached hydrogen (secondary N) is 1. The number of amides is 1. The second-order valence-corrected chi connectivity index (χ2v) is 6.79. The van der Waals surface area contributed by atoms with Crippen LogP contribution in [0, 0.1) is 6.92 Å². The molecule has 128 valence electrons. The molecule has 0 saturated heterocycles. The summed E-state index contributed by atoms with van der Waals surface area (Å²) >= 11 is 1.12. The standard InChI is InChI=1S/C17H21N3O3S/c1-10(2)23-16(22)14-11(3)18-17(24-14)19-15(21)12-7-6-8-13(9-12)20(4)5/h6-10H,1-5H3,(H,18,19,21). The molecule has 0 bridgehead atoms. The topological polar surface area (TPSA) is 71.5 Å². The number of aromatic nitrogens is 1. The molecule has 0 aliphatic carbocycles. The molecule has 24 heavy (non-hydrogen) atoms. The van der Waals surface area contributed by atoms with Crippen molar-refractivity contribution in [1.29, 1.82) is 0 Å². The highest BCUT2D eigenvalue weighted by Gasteiger charge is 2.19. The number of anilines is 2. The fourth-order valence-corrected chi connectivity index (χ4v) is 2.85. The van der Waals surface area contributed by atoms with Gasteiger partial charge in [-0.1, -0.05) is 17.4 Å². The van der Waals surface area contributed by atoms with Crippen LogP contribution in [0.5, 0.6) is 0 Å². The van der Waals surface area contributed by atoms with Gasteiger partial charge in [-0.3, -0.25) is 10.1 Å². The molecule has 7 heteroatoms. The summed E-state index contributed by atoms with van der Waals surface area (Å²) in [6.45, 7) is 5.29. The zero-order chi connectivity index (χ0) is 17.9. The van der Waals surface area contributed by atoms with Crippen LogP contribution in [0.4, 0.5) is 10.8 Å². The van der Waals surface area contributed by atoms with Gasteiger partial charge in [0.1, 0.15) is 4.88 Å². The lowest BCUT2D eigenvalue weighted by atomic mass is 10.2. The van der Waals surface area contributed by atoms with E-state index in [9.17, 15) is 9.59 Å². The molecule has 2 rings (SSSR count). The van der Waals surface area contributed by atoms with Crippen LogP contribution in [0.25, 0.3) is 0 Å². The number of ether oxygens (including phenoxy) is 1. The number of benzene rings is 1. The summed E-state index contributed by atoms with van der Waals surface area (Å²) in [6.07, 6.45) is -0.203. The molecule has 0 aliphatic heterocycles. The number of thiazole rings is 1. The van der Waals surface area contributed by atoms with Crippen molar-refractivity contribution < 1.29 is 14.3 Å². The van der Waals surface area contributed by atoms with Gasteiger partial charge in [0.2, 0.25) is 0 Å². The Morgan fingerprint density at radius 1 is 1.29 bits per heavy atom. The molecule has 0 fully saturated rings. The van der Waals surface area contributed by atoms with E-state index in [-0.39, 0.29) is 12.0 Å². The van der Waals surface area contributed by atoms with Gasteiger partial charge in [0, 0.05) is 25.3 Å². The fraction of sp³-hybridized carbons (Fsp3) is 0.353. The molecule has 0 unspecified atom stereocenters. The summed E-state index contributed by atoms with van der Waals surface area (Å²) in [5.41, 5.74) is 2.00. The van der Waals surface area contributed by atoms with E-state index >= 15 is 0 Å². The average molecular weight is 347 g/mol. The highest BCUT2D eigenvalue weighted by atomic mass is 32.1. The van der Waals surface area contributed by atoms with Crippen LogP contribution >= 0.6 is 11.3 Å². The van der Waals surface area contributed by atoms with E-state index < -0.39 is 5.97 Å². The maximum Gasteiger partial charge on any atom is 0.350 e. The molecule has 1 aromatic carbocycles. The van der Waals surface area contributed by atoms with Gasteiger partial charge in [0.25, 0.3) is 5.91 Å². The van der Waals surface area contributed by atoms with E-state index in [0.717, 1.165) is 17.0 Å². The van der Waals surface area contributed by atoms with Crippen LogP contribution in [0.1, 0.15) is 39.6 Å². The maximum absolute atomic E-state index is 12.4. The van der Waals surface area contributed by atoms with Crippen molar-refractivity contribution >= 4 is 34.0 Å². The number of hydrogen-bond donors (Lipinski definition) is 1. The Labute approximate surface area is 145 Å². The summed E-state index contributed by atoms with van der Waals surface area (Å²) in [5, 5.41) is 3.11. The van der Waals surface area contributed by atoms with E-state index in [1.54, 1.807) is 32.9 Å². The minimum Gasteiger partial charge on any atom is -0.459 e. The Morgan fingerprint density at radius 2 is 2.00 bits per heavy atom. The molecule has 1 amide bonds. The summed E-state index contributed by atoms with van der Waals surface area (Å²) in [7, 11) is 3.82. The van der Waals surface area contributed by atoms with Crippen molar-refractivity contribution in [3.05, 3.63) is 40.4 Å². The third-order valence-corrected chi connectivity index (χ3v) is 4.22. The Morgan fingerprint density at radius 3 is 2.62 bits per heavy atom. The predicted octanol–water partition coefficient (Wildman–Crippen LogP) is 3.34. The number of rotatable bonds is 5. The Kier molecular flexibility index (Phi) is 5.56. The van der Waals surface area contributed by atoms with Crippen molar-refractivity contribution in [3.8, 4) is 0 Å². The number of nitrogens with zero attached hydrogens (tertiary/aromatic N) is 2. The van der Waals surface area contributed by atoms with Crippen LogP contribution in [-0.2, 0) is 4.74 Å². The number of hydrogen-bond acceptors (Lipinski definition) is 6. The zero-order valence-corrected chi connectivity index (χ0v) is 15.2. The van der Waals surface area contributed by atoms with Crippen LogP contribution in [0.3, 0.4) is 0 Å². The lowest BCUT2D eigenvalue weighted by Gasteiger charge is -2.13. The summed E-state index contributed by atoms with van der Waals surface area (Å²) in [5.74, 6) is -0.689. The minimum absolute atomic E-state index is 0.203. The average Bonchev–Trinajstić information content (AvgIpc) is 2.87. The molecule has 0 atom stereocenters. The van der Waals surface area contributed by atoms with Gasteiger partial charge < -0.3 is 9.64 Å². The fourth-order valence-electron chi connectivity index (χ4n) is 2.00. The largest absolute Gasteiger partial charge is 0.459 e. The molecule has 1 heterocycles. The van der Waals surface area contributed by atoms with Gasteiger partial charge in [-0.05, 0) is 39.0 Å². The molecule has 0 radical (unpaired) electrons. The second kappa shape index (κ2) is 7.44. The molecule has 2 aromatic rings. The highest BCUT2D eigenvalue weighted by Crippen LogP contribution is 2.24. The van der Waals surface area contributed by atoms with Gasteiger partial charge in [0.05, 0.1) is 11.8 Å². The summed E-state index contributed by atoms with van der Waals surface area (Å²) in [4.78, 5) is 30.9. The van der Waals surface area contributed by atoms with Crippen molar-refractivity contribution in [1.82, 2.24) is 4.98 Å². The Hall–Kier alpha value is -2.41. The number of carbonyl (C=O) groups is 2. The summed E-state index contributed by atoms with van der Waals surface area (Å²) < 4.78 is 5.18. The van der Waals surface area contributed by atoms with E-state index in [4.69, 9.17) is 4.74 Å². The highest BCUT2D eigenvalue weighted by molar-refractivity contribution is 7.17. The van der Waals surface area contributed by atoms with Crippen LogP contribution in [0.15, 0.2) is 24.3 Å². The van der Waals surface area contributed by atoms with Gasteiger partial charge >= 0.3 is 5.97 Å². The molecule has 0 saturated carbocycles. The van der Waals surface area contributed by atoms with Crippen molar-refractivity contribution in [3.63, 3.8) is 0 Å². The van der Waals surface area contributed by atoms with Crippen LogP contribution in [0.2, 0.25) is 0 Å². The quantitative estimate of drug-likeness (QED) is 0.840. The molecular weight excluding hydrogens is 326 g/mol. The van der Waals surface area contributed by atoms with Gasteiger partial charge in [-0.25, -0.2) is 9.78 Å². The number of aryl methyl sites for hydroxylation is 1. The lowest BCUT2D eigenvalue weighted by Crippen LogP contribution is -2.14. The first kappa shape index (κ1) is 17.9. The first-order valence-electron chi connectivity index (χ1n) is 7.55. The van der Waals surface area contributed by atoms with E-state index in [1.807, 2.05) is 31.1 Å². The third kappa shape index (κ3) is 4.32. The maximum atomic E-state index is 12.4. The third-order valence-electron chi connectivity index (χ3n) is 3.17. The van der Waals surface area contributed by atoms with Crippen molar-refractivity contribution in [2.45, 2.75) is 26.9 Å². The van der Waals surface area contributed by atoms with E-state index in [2.05, 4.69) is 10.3 Å². The predicted molar refractivity (Wildman–Crippen MR) is 96.1 cm³/mol.